The molecule has 0 aromatic heterocycles. The van der Waals surface area contributed by atoms with Gasteiger partial charge in [0.1, 0.15) is 0 Å². The number of hydrazine groups is 1. The Balaban J connectivity index is 1.74. The van der Waals surface area contributed by atoms with Crippen molar-refractivity contribution in [1.82, 2.24) is 5.43 Å². The fourth-order valence-corrected chi connectivity index (χ4v) is 4.96. The van der Waals surface area contributed by atoms with Crippen molar-refractivity contribution in [3.63, 3.8) is 0 Å². The number of allylic oxidation sites excluding steroid dienone is 1. The number of alkyl halides is 1. The number of aryl methyl sites for hydroxylation is 1. The molecule has 1 saturated carbocycles. The highest BCUT2D eigenvalue weighted by atomic mass is 19.1. The average molecular weight is 480 g/mol. The summed E-state index contributed by atoms with van der Waals surface area (Å²) < 4.78 is 14.6. The zero-order chi connectivity index (χ0) is 25.2. The number of carboxylic acids is 1. The van der Waals surface area contributed by atoms with Crippen molar-refractivity contribution in [3.05, 3.63) is 106 Å². The molecule has 3 N–H and O–H groups in total. The number of nitrogens with zero attached hydrogens (tertiary/aromatic N) is 1. The van der Waals surface area contributed by atoms with Gasteiger partial charge in [0, 0.05) is 11.6 Å². The van der Waals surface area contributed by atoms with E-state index >= 15 is 0 Å². The molecular formula is C30H26FN3O2. The van der Waals surface area contributed by atoms with Crippen LogP contribution in [0.25, 0.3) is 17.2 Å². The van der Waals surface area contributed by atoms with Crippen molar-refractivity contribution >= 4 is 28.9 Å². The second-order valence-electron chi connectivity index (χ2n) is 9.29. The zero-order valence-corrected chi connectivity index (χ0v) is 19.9. The van der Waals surface area contributed by atoms with Crippen LogP contribution in [-0.2, 0) is 4.79 Å². The fraction of sp³-hybridized carbons (Fsp3) is 0.200. The molecule has 2 aliphatic rings. The number of carbonyl (C=O) groups is 1. The van der Waals surface area contributed by atoms with Crippen LogP contribution in [0, 0.1) is 24.2 Å². The summed E-state index contributed by atoms with van der Waals surface area (Å²) in [5, 5.41) is 18.4. The number of nitriles is 1. The Morgan fingerprint density at radius 1 is 1.08 bits per heavy atom. The number of carboxylic acid groups (broad SMARTS) is 1. The minimum Gasteiger partial charge on any atom is -0.478 e. The number of hydrogen-bond acceptors (Lipinski definition) is 4. The highest BCUT2D eigenvalue weighted by Crippen LogP contribution is 2.46. The van der Waals surface area contributed by atoms with Gasteiger partial charge in [-0.1, -0.05) is 42.8 Å². The van der Waals surface area contributed by atoms with Gasteiger partial charge < -0.3 is 10.5 Å². The molecule has 1 heterocycles. The molecule has 1 aliphatic heterocycles. The minimum atomic E-state index is -1.30. The van der Waals surface area contributed by atoms with Gasteiger partial charge in [-0.25, -0.2) is 14.6 Å². The Morgan fingerprint density at radius 2 is 1.83 bits per heavy atom. The molecular weight excluding hydrogens is 453 g/mol. The van der Waals surface area contributed by atoms with Crippen LogP contribution in [0.15, 0.2) is 66.7 Å². The molecule has 1 atom stereocenters. The van der Waals surface area contributed by atoms with E-state index in [0.717, 1.165) is 64.4 Å². The number of nitrogens with one attached hydrogen (secondary N) is 2. The van der Waals surface area contributed by atoms with Crippen LogP contribution in [0.2, 0.25) is 0 Å². The predicted octanol–water partition coefficient (Wildman–Crippen LogP) is 6.62. The standard InChI is InChI=1S/C30H26FN3O2/c1-18-15-20(17-32)7-12-24(18)29(21-3-2-4-21)28(22-9-5-19(6-10-22)8-14-27(35)36)23-11-13-26-25(16-23)30(31)34-33-26/h5-16,21,30,33-34H,2-4H2,1H3,(H,35,36)/b14-8+,29-28+. The predicted molar refractivity (Wildman–Crippen MR) is 139 cm³/mol. The van der Waals surface area contributed by atoms with E-state index in [4.69, 9.17) is 5.11 Å². The third kappa shape index (κ3) is 4.53. The molecule has 3 aromatic rings. The van der Waals surface area contributed by atoms with Crippen LogP contribution in [0.3, 0.4) is 0 Å². The molecule has 6 heteroatoms. The van der Waals surface area contributed by atoms with Crippen LogP contribution in [-0.4, -0.2) is 11.1 Å². The van der Waals surface area contributed by atoms with Crippen LogP contribution in [0.5, 0.6) is 0 Å². The number of anilines is 1. The Labute approximate surface area is 209 Å². The Bertz CT molecular complexity index is 1430. The summed E-state index contributed by atoms with van der Waals surface area (Å²) in [5.74, 6) is -0.645. The van der Waals surface area contributed by atoms with Gasteiger partial charge in [-0.15, -0.1) is 0 Å². The monoisotopic (exact) mass is 479 g/mol. The molecule has 3 aromatic carbocycles. The first-order valence-corrected chi connectivity index (χ1v) is 12.0. The van der Waals surface area contributed by atoms with Gasteiger partial charge >= 0.3 is 5.97 Å². The number of hydrogen-bond donors (Lipinski definition) is 3. The smallest absolute Gasteiger partial charge is 0.328 e. The summed E-state index contributed by atoms with van der Waals surface area (Å²) in [6.45, 7) is 2.03. The van der Waals surface area contributed by atoms with Gasteiger partial charge in [0.15, 0.2) is 6.30 Å². The van der Waals surface area contributed by atoms with Crippen molar-refractivity contribution in [1.29, 1.82) is 5.26 Å². The number of halogens is 1. The van der Waals surface area contributed by atoms with E-state index in [1.807, 2.05) is 67.6 Å². The number of rotatable bonds is 6. The summed E-state index contributed by atoms with van der Waals surface area (Å²) >= 11 is 0. The van der Waals surface area contributed by atoms with Gasteiger partial charge in [0.25, 0.3) is 0 Å². The Kier molecular flexibility index (Phi) is 6.41. The minimum absolute atomic E-state index is 0.351. The largest absolute Gasteiger partial charge is 0.478 e. The van der Waals surface area contributed by atoms with E-state index in [1.54, 1.807) is 6.08 Å². The van der Waals surface area contributed by atoms with Gasteiger partial charge in [0.05, 0.1) is 17.3 Å². The van der Waals surface area contributed by atoms with E-state index in [0.29, 0.717) is 17.0 Å². The second kappa shape index (κ2) is 9.80. The van der Waals surface area contributed by atoms with E-state index in [9.17, 15) is 14.4 Å². The summed E-state index contributed by atoms with van der Waals surface area (Å²) in [7, 11) is 0. The van der Waals surface area contributed by atoms with Crippen LogP contribution < -0.4 is 10.9 Å². The van der Waals surface area contributed by atoms with Crippen molar-refractivity contribution in [2.24, 2.45) is 5.92 Å². The molecule has 180 valence electrons. The molecule has 5 rings (SSSR count). The molecule has 1 unspecified atom stereocenters. The van der Waals surface area contributed by atoms with Crippen molar-refractivity contribution in [3.8, 4) is 6.07 Å². The summed E-state index contributed by atoms with van der Waals surface area (Å²) in [6.07, 6.45) is 4.67. The molecule has 0 amide bonds. The fourth-order valence-electron chi connectivity index (χ4n) is 4.96. The summed E-state index contributed by atoms with van der Waals surface area (Å²) in [6, 6.07) is 21.6. The summed E-state index contributed by atoms with van der Waals surface area (Å²) in [5.41, 5.74) is 14.5. The second-order valence-corrected chi connectivity index (χ2v) is 9.29. The van der Waals surface area contributed by atoms with Crippen LogP contribution >= 0.6 is 0 Å². The maximum atomic E-state index is 14.6. The maximum Gasteiger partial charge on any atom is 0.328 e. The molecule has 0 saturated heterocycles. The van der Waals surface area contributed by atoms with Gasteiger partial charge in [-0.3, -0.25) is 0 Å². The van der Waals surface area contributed by atoms with Gasteiger partial charge in [-0.05, 0) is 95.0 Å². The normalized spacial score (nSPS) is 17.6. The molecule has 0 bridgehead atoms. The average Bonchev–Trinajstić information content (AvgIpc) is 3.22. The SMILES string of the molecule is Cc1cc(C#N)ccc1/C(=C(\c1ccc(/C=C/C(=O)O)cc1)c1ccc2c(c1)C(F)NN2)C1CCC1. The first kappa shape index (κ1) is 23.5. The van der Waals surface area contributed by atoms with E-state index in [1.165, 1.54) is 5.57 Å². The highest BCUT2D eigenvalue weighted by Gasteiger charge is 2.29. The first-order valence-electron chi connectivity index (χ1n) is 12.0. The molecule has 1 fully saturated rings. The highest BCUT2D eigenvalue weighted by molar-refractivity contribution is 6.00. The lowest BCUT2D eigenvalue weighted by atomic mass is 9.72. The van der Waals surface area contributed by atoms with Gasteiger partial charge in [-0.2, -0.15) is 5.26 Å². The molecule has 0 spiro atoms. The number of fused-ring (bicyclic) bond motifs is 1. The first-order chi connectivity index (χ1) is 17.4. The zero-order valence-electron chi connectivity index (χ0n) is 19.9. The molecule has 36 heavy (non-hydrogen) atoms. The maximum absolute atomic E-state index is 14.6. The lowest BCUT2D eigenvalue weighted by Crippen LogP contribution is -2.16. The van der Waals surface area contributed by atoms with Crippen molar-refractivity contribution in [2.75, 3.05) is 5.43 Å². The third-order valence-electron chi connectivity index (χ3n) is 6.99. The van der Waals surface area contributed by atoms with E-state index < -0.39 is 12.3 Å². The number of aliphatic carboxylic acids is 1. The van der Waals surface area contributed by atoms with Crippen LogP contribution in [0.4, 0.5) is 10.1 Å². The number of benzene rings is 3. The topological polar surface area (TPSA) is 85.2 Å². The Hall–Kier alpha value is -4.21. The van der Waals surface area contributed by atoms with E-state index in [-0.39, 0.29) is 0 Å². The lowest BCUT2D eigenvalue weighted by Gasteiger charge is -2.32. The quantitative estimate of drug-likeness (QED) is 0.210. The Morgan fingerprint density at radius 3 is 2.47 bits per heavy atom. The third-order valence-corrected chi connectivity index (χ3v) is 6.99. The molecule has 0 radical (unpaired) electrons. The van der Waals surface area contributed by atoms with Crippen LogP contribution in [0.1, 0.15) is 64.5 Å². The lowest BCUT2D eigenvalue weighted by molar-refractivity contribution is -0.131. The van der Waals surface area contributed by atoms with Crippen molar-refractivity contribution in [2.45, 2.75) is 32.5 Å². The van der Waals surface area contributed by atoms with E-state index in [2.05, 4.69) is 16.9 Å². The van der Waals surface area contributed by atoms with Crippen molar-refractivity contribution < 1.29 is 14.3 Å². The molecule has 1 aliphatic carbocycles. The molecule has 5 nitrogen and oxygen atoms in total. The van der Waals surface area contributed by atoms with Gasteiger partial charge in [0.2, 0.25) is 0 Å². The summed E-state index contributed by atoms with van der Waals surface area (Å²) in [4.78, 5) is 10.9.